The monoisotopic (exact) mass is 486 g/mol. The molecule has 0 saturated carbocycles. The second-order valence-electron chi connectivity index (χ2n) is 8.65. The molecule has 1 aliphatic rings. The molecule has 2 amide bonds. The Balaban J connectivity index is 1.33. The number of amides is 2. The van der Waals surface area contributed by atoms with E-state index in [0.717, 1.165) is 10.5 Å². The van der Waals surface area contributed by atoms with Crippen LogP contribution in [0.4, 0.5) is 0 Å². The molecule has 0 saturated heterocycles. The van der Waals surface area contributed by atoms with Crippen molar-refractivity contribution in [3.05, 3.63) is 77.4 Å². The molecule has 10 nitrogen and oxygen atoms in total. The summed E-state index contributed by atoms with van der Waals surface area (Å²) in [5, 5.41) is 12.1. The Bertz CT molecular complexity index is 1420. The smallest absolute Gasteiger partial charge is 0.330 e. The van der Waals surface area contributed by atoms with E-state index in [2.05, 4.69) is 15.4 Å². The molecule has 0 fully saturated rings. The molecule has 0 N–H and O–H groups in total. The predicted octanol–water partition coefficient (Wildman–Crippen LogP) is 4.06. The fourth-order valence-corrected chi connectivity index (χ4v) is 4.18. The lowest BCUT2D eigenvalue weighted by Gasteiger charge is -2.27. The number of nitrogens with zero attached hydrogens (tertiary/aromatic N) is 4. The summed E-state index contributed by atoms with van der Waals surface area (Å²) in [7, 11) is 0. The fraction of sp³-hybridized carbons (Fsp3) is 0.231. The van der Waals surface area contributed by atoms with Gasteiger partial charge in [-0.2, -0.15) is 0 Å². The van der Waals surface area contributed by atoms with Crippen molar-refractivity contribution in [1.82, 2.24) is 20.3 Å². The molecule has 2 aromatic carbocycles. The van der Waals surface area contributed by atoms with Crippen LogP contribution in [-0.2, 0) is 16.1 Å². The number of esters is 1. The summed E-state index contributed by atoms with van der Waals surface area (Å²) >= 11 is 0. The molecular weight excluding hydrogens is 464 g/mol. The molecule has 1 aliphatic heterocycles. The van der Waals surface area contributed by atoms with Gasteiger partial charge in [-0.25, -0.2) is 4.79 Å². The zero-order valence-electron chi connectivity index (χ0n) is 19.8. The number of rotatable bonds is 7. The van der Waals surface area contributed by atoms with Crippen molar-refractivity contribution in [2.75, 3.05) is 0 Å². The molecule has 0 spiro atoms. The lowest BCUT2D eigenvalue weighted by atomic mass is 10.0. The molecule has 182 valence electrons. The van der Waals surface area contributed by atoms with Crippen LogP contribution in [0.25, 0.3) is 22.7 Å². The van der Waals surface area contributed by atoms with Crippen LogP contribution in [0.3, 0.4) is 0 Å². The summed E-state index contributed by atoms with van der Waals surface area (Å²) in [6.45, 7) is 4.87. The standard InChI is InChI=1S/C26H22N4O6/c1-14(2)22(30-24(31)17-11-7-8-12-18(17)25(30)32)26(33)34-13-19-27-28-23(35-19)20-15(3)36-29-21(20)16-9-5-4-6-10-16/h4-12,14,22H,13H2,1-3H3. The number of carbonyl (C=O) groups excluding carboxylic acids is 3. The van der Waals surface area contributed by atoms with Crippen LogP contribution in [0.1, 0.15) is 46.2 Å². The molecule has 10 heteroatoms. The topological polar surface area (TPSA) is 129 Å². The van der Waals surface area contributed by atoms with Crippen molar-refractivity contribution in [3.8, 4) is 22.7 Å². The largest absolute Gasteiger partial charge is 0.454 e. The Kier molecular flexibility index (Phi) is 5.93. The average Bonchev–Trinajstić information content (AvgIpc) is 3.56. The molecule has 4 aromatic rings. The normalized spacial score (nSPS) is 13.8. The second-order valence-corrected chi connectivity index (χ2v) is 8.65. The SMILES string of the molecule is Cc1onc(-c2ccccc2)c1-c1nnc(COC(=O)C(C(C)C)N2C(=O)c3ccccc3C2=O)o1. The maximum atomic E-state index is 13.0. The highest BCUT2D eigenvalue weighted by molar-refractivity contribution is 6.22. The van der Waals surface area contributed by atoms with Gasteiger partial charge in [-0.15, -0.1) is 10.2 Å². The highest BCUT2D eigenvalue weighted by atomic mass is 16.5. The number of ether oxygens (including phenoxy) is 1. The third kappa shape index (κ3) is 3.96. The minimum Gasteiger partial charge on any atom is -0.454 e. The van der Waals surface area contributed by atoms with Crippen molar-refractivity contribution in [2.45, 2.75) is 33.4 Å². The van der Waals surface area contributed by atoms with Gasteiger partial charge in [0.05, 0.1) is 11.1 Å². The first kappa shape index (κ1) is 23.2. The second kappa shape index (κ2) is 9.21. The van der Waals surface area contributed by atoms with Crippen LogP contribution in [-0.4, -0.2) is 44.1 Å². The third-order valence-corrected chi connectivity index (χ3v) is 5.91. The Labute approximate surface area is 205 Å². The van der Waals surface area contributed by atoms with E-state index < -0.39 is 23.8 Å². The Morgan fingerprint density at radius 1 is 0.972 bits per heavy atom. The van der Waals surface area contributed by atoms with Crippen LogP contribution in [0.15, 0.2) is 63.5 Å². The van der Waals surface area contributed by atoms with Crippen molar-refractivity contribution in [2.24, 2.45) is 5.92 Å². The van der Waals surface area contributed by atoms with E-state index in [9.17, 15) is 14.4 Å². The molecule has 0 aliphatic carbocycles. The quantitative estimate of drug-likeness (QED) is 0.280. The van der Waals surface area contributed by atoms with Crippen molar-refractivity contribution in [3.63, 3.8) is 0 Å². The summed E-state index contributed by atoms with van der Waals surface area (Å²) in [6.07, 6.45) is 0. The third-order valence-electron chi connectivity index (χ3n) is 5.91. The predicted molar refractivity (Wildman–Crippen MR) is 125 cm³/mol. The summed E-state index contributed by atoms with van der Waals surface area (Å²) in [5.41, 5.74) is 2.43. The van der Waals surface area contributed by atoms with Gasteiger partial charge in [-0.05, 0) is 25.0 Å². The lowest BCUT2D eigenvalue weighted by molar-refractivity contribution is -0.151. The van der Waals surface area contributed by atoms with Gasteiger partial charge in [0.1, 0.15) is 23.1 Å². The molecule has 3 heterocycles. The Morgan fingerprint density at radius 2 is 1.61 bits per heavy atom. The molecule has 2 aromatic heterocycles. The van der Waals surface area contributed by atoms with Crippen molar-refractivity contribution in [1.29, 1.82) is 0 Å². The highest BCUT2D eigenvalue weighted by Gasteiger charge is 2.44. The van der Waals surface area contributed by atoms with Crippen LogP contribution in [0.5, 0.6) is 0 Å². The molecule has 0 radical (unpaired) electrons. The van der Waals surface area contributed by atoms with Gasteiger partial charge in [-0.1, -0.05) is 61.5 Å². The van der Waals surface area contributed by atoms with Crippen LogP contribution < -0.4 is 0 Å². The minimum atomic E-state index is -1.11. The van der Waals surface area contributed by atoms with Gasteiger partial charge >= 0.3 is 5.97 Å². The number of hydrogen-bond acceptors (Lipinski definition) is 9. The van der Waals surface area contributed by atoms with Crippen molar-refractivity contribution < 1.29 is 28.1 Å². The van der Waals surface area contributed by atoms with E-state index in [1.807, 2.05) is 30.3 Å². The number of fused-ring (bicyclic) bond motifs is 1. The number of carbonyl (C=O) groups is 3. The van der Waals surface area contributed by atoms with E-state index in [1.165, 1.54) is 0 Å². The molecule has 5 rings (SSSR count). The number of benzene rings is 2. The summed E-state index contributed by atoms with van der Waals surface area (Å²) < 4.78 is 16.5. The number of hydrogen-bond donors (Lipinski definition) is 0. The molecule has 1 unspecified atom stereocenters. The van der Waals surface area contributed by atoms with Crippen LogP contribution >= 0.6 is 0 Å². The van der Waals surface area contributed by atoms with Gasteiger partial charge < -0.3 is 13.7 Å². The van der Waals surface area contributed by atoms with Crippen LogP contribution in [0, 0.1) is 12.8 Å². The zero-order chi connectivity index (χ0) is 25.4. The van der Waals surface area contributed by atoms with Gasteiger partial charge in [0.2, 0.25) is 0 Å². The van der Waals surface area contributed by atoms with E-state index in [-0.39, 0.29) is 35.4 Å². The van der Waals surface area contributed by atoms with Gasteiger partial charge in [0.25, 0.3) is 23.6 Å². The number of imide groups is 1. The van der Waals surface area contributed by atoms with Gasteiger partial charge in [-0.3, -0.25) is 14.5 Å². The van der Waals surface area contributed by atoms with E-state index in [1.54, 1.807) is 45.0 Å². The first-order valence-corrected chi connectivity index (χ1v) is 11.3. The summed E-state index contributed by atoms with van der Waals surface area (Å²) in [6, 6.07) is 14.8. The van der Waals surface area contributed by atoms with E-state index in [0.29, 0.717) is 17.0 Å². The average molecular weight is 486 g/mol. The maximum Gasteiger partial charge on any atom is 0.330 e. The number of aryl methyl sites for hydroxylation is 1. The molecule has 0 bridgehead atoms. The Morgan fingerprint density at radius 3 is 2.25 bits per heavy atom. The maximum absolute atomic E-state index is 13.0. The van der Waals surface area contributed by atoms with Crippen molar-refractivity contribution >= 4 is 17.8 Å². The minimum absolute atomic E-state index is 0.0443. The zero-order valence-corrected chi connectivity index (χ0v) is 19.8. The van der Waals surface area contributed by atoms with Gasteiger partial charge in [0, 0.05) is 5.56 Å². The van der Waals surface area contributed by atoms with Gasteiger partial charge in [0.15, 0.2) is 6.61 Å². The summed E-state index contributed by atoms with van der Waals surface area (Å²) in [4.78, 5) is 39.8. The molecule has 1 atom stereocenters. The Hall–Kier alpha value is -4.60. The number of aromatic nitrogens is 3. The first-order valence-electron chi connectivity index (χ1n) is 11.3. The first-order chi connectivity index (χ1) is 17.4. The van der Waals surface area contributed by atoms with E-state index in [4.69, 9.17) is 13.7 Å². The molecular formula is C26H22N4O6. The van der Waals surface area contributed by atoms with Crippen LogP contribution in [0.2, 0.25) is 0 Å². The lowest BCUT2D eigenvalue weighted by Crippen LogP contribution is -2.48. The summed E-state index contributed by atoms with van der Waals surface area (Å²) in [5.74, 6) is -1.48. The highest BCUT2D eigenvalue weighted by Crippen LogP contribution is 2.33. The fourth-order valence-electron chi connectivity index (χ4n) is 4.18. The molecule has 36 heavy (non-hydrogen) atoms. The van der Waals surface area contributed by atoms with E-state index >= 15 is 0 Å².